The first-order valence-electron chi connectivity index (χ1n) is 10.4. The largest absolute Gasteiger partial charge is 1.00 e. The summed E-state index contributed by atoms with van der Waals surface area (Å²) in [7, 11) is 1.53. The molecule has 0 saturated heterocycles. The van der Waals surface area contributed by atoms with Gasteiger partial charge < -0.3 is 29.5 Å². The molecule has 0 unspecified atom stereocenters. The average molecular weight is 521 g/mol. The summed E-state index contributed by atoms with van der Waals surface area (Å²) in [5.41, 5.74) is 0.541. The van der Waals surface area contributed by atoms with E-state index in [-0.39, 0.29) is 100 Å². The number of aromatic amines is 1. The second kappa shape index (κ2) is 13.7. The molecule has 3 aromatic carbocycles. The number of carboxylic acids is 1. The number of methoxy groups -OCH3 is 1. The molecule has 0 fully saturated rings. The third-order valence-electron chi connectivity index (χ3n) is 5.09. The summed E-state index contributed by atoms with van der Waals surface area (Å²) >= 11 is 0. The number of carbonyl (C=O) groups is 1. The summed E-state index contributed by atoms with van der Waals surface area (Å²) in [5, 5.41) is 23.2. The minimum atomic E-state index is -1.32. The van der Waals surface area contributed by atoms with Crippen LogP contribution in [0.3, 0.4) is 0 Å². The molecule has 4 aromatic rings. The van der Waals surface area contributed by atoms with Crippen LogP contribution in [0.25, 0.3) is 10.9 Å². The van der Waals surface area contributed by atoms with Crippen molar-refractivity contribution in [1.82, 2.24) is 9.97 Å². The van der Waals surface area contributed by atoms with Crippen LogP contribution in [0.2, 0.25) is 0 Å². The van der Waals surface area contributed by atoms with Crippen molar-refractivity contribution in [2.24, 2.45) is 4.99 Å². The molecule has 0 atom stereocenters. The Morgan fingerprint density at radius 3 is 2.46 bits per heavy atom. The van der Waals surface area contributed by atoms with E-state index >= 15 is 0 Å². The van der Waals surface area contributed by atoms with Crippen molar-refractivity contribution >= 4 is 22.8 Å². The fraction of sp³-hybridized carbons (Fsp3) is 0.120. The molecule has 37 heavy (non-hydrogen) atoms. The van der Waals surface area contributed by atoms with Crippen LogP contribution in [-0.2, 0) is 13.2 Å². The van der Waals surface area contributed by atoms with Crippen LogP contribution in [0.1, 0.15) is 27.3 Å². The Balaban J connectivity index is 0.00000241. The first kappa shape index (κ1) is 30.5. The van der Waals surface area contributed by atoms with Crippen molar-refractivity contribution in [2.45, 2.75) is 13.2 Å². The molecule has 1 aromatic heterocycles. The molecule has 9 nitrogen and oxygen atoms in total. The van der Waals surface area contributed by atoms with Crippen LogP contribution in [0.15, 0.2) is 70.5 Å². The second-order valence-electron chi connectivity index (χ2n) is 7.43. The van der Waals surface area contributed by atoms with E-state index < -0.39 is 23.2 Å². The third kappa shape index (κ3) is 7.41. The summed E-state index contributed by atoms with van der Waals surface area (Å²) in [4.78, 5) is 34.0. The van der Waals surface area contributed by atoms with Crippen molar-refractivity contribution < 1.29 is 88.0 Å². The Morgan fingerprint density at radius 2 is 1.78 bits per heavy atom. The molecule has 4 rings (SSSR count). The van der Waals surface area contributed by atoms with Crippen LogP contribution in [0, 0.1) is 5.82 Å². The van der Waals surface area contributed by atoms with Gasteiger partial charge in [0.25, 0.3) is 5.56 Å². The standard InChI is InChI=1S/C25H20FN3O6.2Na/c1-34-17-4-2-3-15(11-17)12-27-24(31)22-28-19-10-9-18(26)21(20(19)23(30)29-22)35-13-14-5-7-16(8-6-14)25(32)33;;/h2-11H,12-13H2,1H3,(H,27,31)(H,32,33)(H,28,29,30);;/q;2*+1/p-2. The number of hydrogen-bond acceptors (Lipinski definition) is 8. The molecule has 1 N–H and O–H groups in total. The number of ether oxygens (including phenoxy) is 2. The van der Waals surface area contributed by atoms with E-state index in [0.29, 0.717) is 11.3 Å². The number of carboxylic acid groups (broad SMARTS) is 1. The van der Waals surface area contributed by atoms with E-state index in [1.165, 1.54) is 37.4 Å². The van der Waals surface area contributed by atoms with Gasteiger partial charge in [-0.3, -0.25) is 9.79 Å². The van der Waals surface area contributed by atoms with Crippen molar-refractivity contribution in [2.75, 3.05) is 7.11 Å². The van der Waals surface area contributed by atoms with Gasteiger partial charge in [-0.25, -0.2) is 9.37 Å². The Labute approximate surface area is 255 Å². The number of aliphatic imine (C=N–C) groups is 1. The van der Waals surface area contributed by atoms with Gasteiger partial charge in [0.05, 0.1) is 25.1 Å². The zero-order chi connectivity index (χ0) is 24.9. The van der Waals surface area contributed by atoms with E-state index in [9.17, 15) is 24.2 Å². The molecule has 0 amide bonds. The number of aromatic nitrogens is 2. The second-order valence-corrected chi connectivity index (χ2v) is 7.43. The summed E-state index contributed by atoms with van der Waals surface area (Å²) in [6.07, 6.45) is 0. The SMILES string of the molecule is COc1cccc(CN=C([O-])c2nc3ccc(F)c(OCc4ccc(C(=O)[O-])cc4)c3c(=O)[nH]2)c1.[Na+].[Na+]. The molecule has 0 spiro atoms. The Morgan fingerprint density at radius 1 is 1.05 bits per heavy atom. The molecular weight excluding hydrogens is 503 g/mol. The van der Waals surface area contributed by atoms with Crippen LogP contribution >= 0.6 is 0 Å². The monoisotopic (exact) mass is 521 g/mol. The number of nitrogens with zero attached hydrogens (tertiary/aromatic N) is 2. The normalized spacial score (nSPS) is 10.8. The number of aromatic carboxylic acids is 1. The topological polar surface area (TPSA) is 140 Å². The van der Waals surface area contributed by atoms with E-state index in [2.05, 4.69) is 15.0 Å². The molecule has 0 aliphatic carbocycles. The predicted molar refractivity (Wildman–Crippen MR) is 121 cm³/mol. The van der Waals surface area contributed by atoms with Gasteiger partial charge >= 0.3 is 59.1 Å². The van der Waals surface area contributed by atoms with Gasteiger partial charge in [-0.15, -0.1) is 0 Å². The van der Waals surface area contributed by atoms with Gasteiger partial charge in [-0.1, -0.05) is 36.4 Å². The first-order chi connectivity index (χ1) is 16.9. The maximum absolute atomic E-state index is 14.5. The van der Waals surface area contributed by atoms with Crippen LogP contribution in [-0.4, -0.2) is 28.9 Å². The molecule has 0 saturated carbocycles. The number of halogens is 1. The van der Waals surface area contributed by atoms with E-state index in [1.807, 2.05) is 0 Å². The molecule has 1 heterocycles. The smallest absolute Gasteiger partial charge is 0.856 e. The van der Waals surface area contributed by atoms with Crippen LogP contribution in [0.5, 0.6) is 11.5 Å². The van der Waals surface area contributed by atoms with Gasteiger partial charge in [0.15, 0.2) is 11.6 Å². The molecule has 0 aliphatic heterocycles. The third-order valence-corrected chi connectivity index (χ3v) is 5.09. The maximum atomic E-state index is 14.5. The van der Waals surface area contributed by atoms with Gasteiger partial charge in [0, 0.05) is 5.90 Å². The summed E-state index contributed by atoms with van der Waals surface area (Å²) in [5.74, 6) is -2.87. The Bertz CT molecular complexity index is 1490. The number of H-pyrrole nitrogens is 1. The van der Waals surface area contributed by atoms with Gasteiger partial charge in [-0.05, 0) is 41.0 Å². The summed E-state index contributed by atoms with van der Waals surface area (Å²) < 4.78 is 25.2. The van der Waals surface area contributed by atoms with E-state index in [0.717, 1.165) is 11.6 Å². The molecule has 0 bridgehead atoms. The fourth-order valence-electron chi connectivity index (χ4n) is 3.32. The van der Waals surface area contributed by atoms with Crippen molar-refractivity contribution in [1.29, 1.82) is 0 Å². The maximum Gasteiger partial charge on any atom is 1.00 e. The molecule has 12 heteroatoms. The van der Waals surface area contributed by atoms with Crippen molar-refractivity contribution in [3.8, 4) is 11.5 Å². The fourth-order valence-corrected chi connectivity index (χ4v) is 3.32. The number of carbonyl (C=O) groups excluding carboxylic acids is 1. The summed E-state index contributed by atoms with van der Waals surface area (Å²) in [6.45, 7) is -0.0916. The Kier molecular flexibility index (Phi) is 11.3. The number of benzene rings is 3. The van der Waals surface area contributed by atoms with Crippen molar-refractivity contribution in [3.63, 3.8) is 0 Å². The van der Waals surface area contributed by atoms with Crippen molar-refractivity contribution in [3.05, 3.63) is 99.3 Å². The Hall–Kier alpha value is -2.73. The predicted octanol–water partition coefficient (Wildman–Crippen LogP) is -4.67. The zero-order valence-corrected chi connectivity index (χ0v) is 24.4. The number of rotatable bonds is 8. The summed E-state index contributed by atoms with van der Waals surface area (Å²) in [6, 6.07) is 15.0. The molecule has 0 radical (unpaired) electrons. The van der Waals surface area contributed by atoms with Gasteiger partial charge in [-0.2, -0.15) is 0 Å². The van der Waals surface area contributed by atoms with E-state index in [4.69, 9.17) is 9.47 Å². The number of hydrogen-bond donors (Lipinski definition) is 1. The zero-order valence-electron chi connectivity index (χ0n) is 20.4. The number of nitrogens with one attached hydrogen (secondary N) is 1. The minimum Gasteiger partial charge on any atom is -0.856 e. The van der Waals surface area contributed by atoms with Crippen LogP contribution in [0.4, 0.5) is 4.39 Å². The average Bonchev–Trinajstić information content (AvgIpc) is 2.87. The van der Waals surface area contributed by atoms with Gasteiger partial charge in [0.2, 0.25) is 0 Å². The molecule has 178 valence electrons. The van der Waals surface area contributed by atoms with Gasteiger partial charge in [0.1, 0.15) is 23.6 Å². The molecular formula is C25H18FN3Na2O6. The first-order valence-corrected chi connectivity index (χ1v) is 10.4. The van der Waals surface area contributed by atoms with Crippen LogP contribution < -0.4 is 84.4 Å². The molecule has 0 aliphatic rings. The van der Waals surface area contributed by atoms with E-state index in [1.54, 1.807) is 24.3 Å². The quantitative estimate of drug-likeness (QED) is 0.140. The number of fused-ring (bicyclic) bond motifs is 1. The minimum absolute atomic E-state index is 0.